The van der Waals surface area contributed by atoms with Gasteiger partial charge in [0.05, 0.1) is 36.0 Å². The molecule has 1 aliphatic heterocycles. The molecule has 1 saturated heterocycles. The third kappa shape index (κ3) is 8.41. The van der Waals surface area contributed by atoms with Crippen LogP contribution in [0, 0.1) is 14.9 Å². The number of imidazole rings is 1. The number of nitriles is 1. The molecule has 0 unspecified atom stereocenters. The van der Waals surface area contributed by atoms with E-state index >= 15 is 0 Å². The van der Waals surface area contributed by atoms with Gasteiger partial charge in [-0.05, 0) is 64.9 Å². The SMILES string of the molecule is CS(=O)(=O)CC[C@H]1CN(c2cccc(I)c2)C(=O)CN1Cc1cncn1Cc1ccc(C#N)cc1.Cl.Cl. The van der Waals surface area contributed by atoms with E-state index in [4.69, 9.17) is 5.26 Å². The molecule has 1 aliphatic rings. The molecule has 0 saturated carbocycles. The summed E-state index contributed by atoms with van der Waals surface area (Å²) in [5.41, 5.74) is 3.42. The van der Waals surface area contributed by atoms with E-state index in [0.717, 1.165) is 20.5 Å². The Morgan fingerprint density at radius 1 is 1.14 bits per heavy atom. The molecule has 12 heteroatoms. The molecule has 0 radical (unpaired) electrons. The van der Waals surface area contributed by atoms with Crippen molar-refractivity contribution in [2.75, 3.05) is 30.0 Å². The number of amides is 1. The molecule has 2 heterocycles. The predicted molar refractivity (Wildman–Crippen MR) is 157 cm³/mol. The van der Waals surface area contributed by atoms with Crippen LogP contribution in [0.2, 0.25) is 0 Å². The van der Waals surface area contributed by atoms with Crippen molar-refractivity contribution in [3.05, 3.63) is 81.4 Å². The fourth-order valence-electron chi connectivity index (χ4n) is 4.23. The van der Waals surface area contributed by atoms with Gasteiger partial charge in [0, 0.05) is 47.4 Å². The minimum absolute atomic E-state index is 0. The van der Waals surface area contributed by atoms with E-state index in [1.165, 1.54) is 6.26 Å². The number of anilines is 1. The number of nitrogens with zero attached hydrogens (tertiary/aromatic N) is 5. The van der Waals surface area contributed by atoms with Crippen LogP contribution in [0.15, 0.2) is 61.1 Å². The Labute approximate surface area is 243 Å². The molecule has 37 heavy (non-hydrogen) atoms. The quantitative estimate of drug-likeness (QED) is 0.336. The van der Waals surface area contributed by atoms with E-state index in [0.29, 0.717) is 31.6 Å². The van der Waals surface area contributed by atoms with Crippen LogP contribution in [0.5, 0.6) is 0 Å². The van der Waals surface area contributed by atoms with Crippen molar-refractivity contribution in [1.29, 1.82) is 5.26 Å². The van der Waals surface area contributed by atoms with Crippen LogP contribution in [0.4, 0.5) is 5.69 Å². The van der Waals surface area contributed by atoms with Gasteiger partial charge < -0.3 is 9.47 Å². The number of hydrogen-bond acceptors (Lipinski definition) is 6. The van der Waals surface area contributed by atoms with Gasteiger partial charge in [0.25, 0.3) is 0 Å². The Morgan fingerprint density at radius 3 is 2.51 bits per heavy atom. The lowest BCUT2D eigenvalue weighted by Gasteiger charge is -2.41. The highest BCUT2D eigenvalue weighted by Gasteiger charge is 2.33. The zero-order valence-electron chi connectivity index (χ0n) is 20.2. The molecular weight excluding hydrogens is 648 g/mol. The standard InChI is InChI=1S/C25H26IN5O3S.2ClH/c1-35(33,34)10-9-23-16-31(22-4-2-3-21(26)11-22)25(32)17-29(23)15-24-13-28-18-30(24)14-20-7-5-19(12-27)6-8-20;;/h2-8,11,13,18,23H,9-10,14-17H2,1H3;2*1H/t23-;;/m0../s1. The second kappa shape index (κ2) is 13.6. The van der Waals surface area contributed by atoms with Gasteiger partial charge in [-0.15, -0.1) is 24.8 Å². The molecule has 0 aliphatic carbocycles. The number of aromatic nitrogens is 2. The van der Waals surface area contributed by atoms with Crippen LogP contribution in [-0.2, 0) is 27.7 Å². The Balaban J connectivity index is 0.00000241. The lowest BCUT2D eigenvalue weighted by atomic mass is 10.1. The van der Waals surface area contributed by atoms with E-state index < -0.39 is 9.84 Å². The lowest BCUT2D eigenvalue weighted by molar-refractivity contribution is -0.122. The number of piperazine rings is 1. The number of rotatable bonds is 8. The molecule has 0 bridgehead atoms. The Kier molecular flexibility index (Phi) is 11.4. The van der Waals surface area contributed by atoms with E-state index in [1.54, 1.807) is 29.6 Å². The molecule has 2 aromatic carbocycles. The number of halogens is 3. The normalized spacial score (nSPS) is 16.0. The Hall–Kier alpha value is -2.17. The molecule has 0 N–H and O–H groups in total. The highest BCUT2D eigenvalue weighted by atomic mass is 127. The van der Waals surface area contributed by atoms with Gasteiger partial charge in [-0.1, -0.05) is 18.2 Å². The molecule has 1 fully saturated rings. The van der Waals surface area contributed by atoms with Gasteiger partial charge in [-0.3, -0.25) is 9.69 Å². The highest BCUT2D eigenvalue weighted by Crippen LogP contribution is 2.25. The predicted octanol–water partition coefficient (Wildman–Crippen LogP) is 3.90. The maximum absolute atomic E-state index is 13.1. The van der Waals surface area contributed by atoms with Gasteiger partial charge >= 0.3 is 0 Å². The minimum Gasteiger partial charge on any atom is -0.329 e. The highest BCUT2D eigenvalue weighted by molar-refractivity contribution is 14.1. The molecule has 8 nitrogen and oxygen atoms in total. The zero-order chi connectivity index (χ0) is 25.0. The van der Waals surface area contributed by atoms with Crippen LogP contribution >= 0.6 is 47.4 Å². The summed E-state index contributed by atoms with van der Waals surface area (Å²) >= 11 is 2.22. The summed E-state index contributed by atoms with van der Waals surface area (Å²) in [4.78, 5) is 21.3. The van der Waals surface area contributed by atoms with E-state index in [9.17, 15) is 13.2 Å². The lowest BCUT2D eigenvalue weighted by Crippen LogP contribution is -2.56. The second-order valence-corrected chi connectivity index (χ2v) is 12.3. The third-order valence-electron chi connectivity index (χ3n) is 6.09. The average molecular weight is 676 g/mol. The summed E-state index contributed by atoms with van der Waals surface area (Å²) in [6.45, 7) is 1.70. The first-order valence-electron chi connectivity index (χ1n) is 11.2. The number of sulfone groups is 1. The monoisotopic (exact) mass is 675 g/mol. The third-order valence-corrected chi connectivity index (χ3v) is 7.74. The van der Waals surface area contributed by atoms with Crippen molar-refractivity contribution < 1.29 is 13.2 Å². The summed E-state index contributed by atoms with van der Waals surface area (Å²) in [5, 5.41) is 9.02. The summed E-state index contributed by atoms with van der Waals surface area (Å²) in [7, 11) is -3.14. The maximum atomic E-state index is 13.1. The molecular formula is C25H28Cl2IN5O3S. The first-order chi connectivity index (χ1) is 16.7. The van der Waals surface area contributed by atoms with E-state index in [-0.39, 0.29) is 49.1 Å². The van der Waals surface area contributed by atoms with Gasteiger partial charge in [0.2, 0.25) is 5.91 Å². The molecule has 4 rings (SSSR count). The second-order valence-electron chi connectivity index (χ2n) is 8.78. The molecule has 1 atom stereocenters. The molecule has 1 aromatic heterocycles. The van der Waals surface area contributed by atoms with E-state index in [2.05, 4.69) is 38.5 Å². The number of hydrogen-bond donors (Lipinski definition) is 0. The number of benzene rings is 2. The summed E-state index contributed by atoms with van der Waals surface area (Å²) in [6, 6.07) is 17.2. The van der Waals surface area contributed by atoms with Crippen molar-refractivity contribution in [2.45, 2.75) is 25.6 Å². The zero-order valence-corrected chi connectivity index (χ0v) is 24.8. The van der Waals surface area contributed by atoms with Crippen molar-refractivity contribution in [3.63, 3.8) is 0 Å². The average Bonchev–Trinajstić information content (AvgIpc) is 3.25. The van der Waals surface area contributed by atoms with Crippen LogP contribution in [0.1, 0.15) is 23.2 Å². The Morgan fingerprint density at radius 2 is 1.86 bits per heavy atom. The molecule has 3 aromatic rings. The van der Waals surface area contributed by atoms with Crippen molar-refractivity contribution in [1.82, 2.24) is 14.5 Å². The molecule has 1 amide bonds. The van der Waals surface area contributed by atoms with Gasteiger partial charge in [0.15, 0.2) is 0 Å². The first kappa shape index (κ1) is 31.1. The maximum Gasteiger partial charge on any atom is 0.241 e. The smallest absolute Gasteiger partial charge is 0.241 e. The largest absolute Gasteiger partial charge is 0.329 e. The topological polar surface area (TPSA) is 99.3 Å². The fraction of sp³-hybridized carbons (Fsp3) is 0.320. The van der Waals surface area contributed by atoms with Crippen LogP contribution in [0.25, 0.3) is 0 Å². The van der Waals surface area contributed by atoms with Gasteiger partial charge in [-0.2, -0.15) is 5.26 Å². The van der Waals surface area contributed by atoms with Crippen LogP contribution < -0.4 is 4.90 Å². The van der Waals surface area contributed by atoms with Gasteiger partial charge in [0.1, 0.15) is 9.84 Å². The minimum atomic E-state index is -3.14. The Bertz CT molecular complexity index is 1360. The van der Waals surface area contributed by atoms with E-state index in [1.807, 2.05) is 41.0 Å². The number of carbonyl (C=O) groups excluding carboxylic acids is 1. The van der Waals surface area contributed by atoms with Crippen molar-refractivity contribution in [3.8, 4) is 6.07 Å². The number of carbonyl (C=O) groups is 1. The van der Waals surface area contributed by atoms with Crippen LogP contribution in [-0.4, -0.2) is 59.9 Å². The first-order valence-corrected chi connectivity index (χ1v) is 14.3. The molecule has 198 valence electrons. The summed E-state index contributed by atoms with van der Waals surface area (Å²) in [5.74, 6) is 0.0493. The summed E-state index contributed by atoms with van der Waals surface area (Å²) in [6.07, 6.45) is 5.22. The van der Waals surface area contributed by atoms with Crippen LogP contribution in [0.3, 0.4) is 0 Å². The van der Waals surface area contributed by atoms with Gasteiger partial charge in [-0.25, -0.2) is 13.4 Å². The van der Waals surface area contributed by atoms with Crippen molar-refractivity contribution in [2.24, 2.45) is 0 Å². The summed E-state index contributed by atoms with van der Waals surface area (Å²) < 4.78 is 26.9. The molecule has 0 spiro atoms. The fourth-order valence-corrected chi connectivity index (χ4v) is 5.46. The van der Waals surface area contributed by atoms with Crippen molar-refractivity contribution >= 4 is 68.8 Å².